The van der Waals surface area contributed by atoms with Gasteiger partial charge in [-0.05, 0) is 77.4 Å². The SMILES string of the molecule is C=CC(=O)Oc1ccccc1/C(=C(/c1ccc(OC)cc1C#N)C1CCC1)c1ccc2scnc2c1. The summed E-state index contributed by atoms with van der Waals surface area (Å²) in [7, 11) is 1.59. The molecule has 36 heavy (non-hydrogen) atoms. The number of aromatic nitrogens is 1. The first-order chi connectivity index (χ1) is 17.6. The molecule has 0 aliphatic heterocycles. The number of hydrogen-bond donors (Lipinski definition) is 0. The van der Waals surface area contributed by atoms with Crippen LogP contribution in [-0.4, -0.2) is 18.1 Å². The van der Waals surface area contributed by atoms with Crippen LogP contribution in [0.15, 0.2) is 78.8 Å². The number of nitriles is 1. The van der Waals surface area contributed by atoms with E-state index in [1.54, 1.807) is 30.6 Å². The fourth-order valence-corrected chi connectivity index (χ4v) is 5.27. The van der Waals surface area contributed by atoms with Crippen molar-refractivity contribution >= 4 is 38.7 Å². The number of nitrogens with zero attached hydrogens (tertiary/aromatic N) is 2. The molecule has 0 radical (unpaired) electrons. The molecule has 178 valence electrons. The molecule has 0 bridgehead atoms. The summed E-state index contributed by atoms with van der Waals surface area (Å²) in [5.74, 6) is 0.813. The lowest BCUT2D eigenvalue weighted by Gasteiger charge is -2.32. The van der Waals surface area contributed by atoms with Gasteiger partial charge in [0.05, 0.1) is 34.5 Å². The number of hydrogen-bond acceptors (Lipinski definition) is 6. The second-order valence-electron chi connectivity index (χ2n) is 8.60. The maximum absolute atomic E-state index is 12.2. The number of methoxy groups -OCH3 is 1. The van der Waals surface area contributed by atoms with Gasteiger partial charge in [-0.25, -0.2) is 9.78 Å². The molecular formula is C30H24N2O3S. The van der Waals surface area contributed by atoms with Gasteiger partial charge in [0.2, 0.25) is 0 Å². The highest BCUT2D eigenvalue weighted by Gasteiger charge is 2.30. The first-order valence-corrected chi connectivity index (χ1v) is 12.6. The highest BCUT2D eigenvalue weighted by molar-refractivity contribution is 7.16. The molecule has 5 rings (SSSR count). The summed E-state index contributed by atoms with van der Waals surface area (Å²) in [6.07, 6.45) is 4.32. The van der Waals surface area contributed by atoms with E-state index in [2.05, 4.69) is 35.8 Å². The zero-order chi connectivity index (χ0) is 25.1. The summed E-state index contributed by atoms with van der Waals surface area (Å²) < 4.78 is 12.2. The molecule has 1 fully saturated rings. The number of allylic oxidation sites excluding steroid dienone is 1. The predicted octanol–water partition coefficient (Wildman–Crippen LogP) is 7.03. The molecular weight excluding hydrogens is 468 g/mol. The van der Waals surface area contributed by atoms with Crippen LogP contribution in [0.5, 0.6) is 11.5 Å². The summed E-state index contributed by atoms with van der Waals surface area (Å²) >= 11 is 1.59. The number of para-hydroxylation sites is 1. The summed E-state index contributed by atoms with van der Waals surface area (Å²) in [6, 6.07) is 21.7. The molecule has 1 aromatic heterocycles. The fraction of sp³-hybridized carbons (Fsp3) is 0.167. The lowest BCUT2D eigenvalue weighted by atomic mass is 9.72. The molecule has 0 unspecified atom stereocenters. The number of thiazole rings is 1. The third kappa shape index (κ3) is 4.41. The monoisotopic (exact) mass is 492 g/mol. The van der Waals surface area contributed by atoms with Gasteiger partial charge >= 0.3 is 5.97 Å². The number of rotatable bonds is 7. The average molecular weight is 493 g/mol. The van der Waals surface area contributed by atoms with Gasteiger partial charge in [-0.1, -0.05) is 37.3 Å². The van der Waals surface area contributed by atoms with Crippen LogP contribution in [0.3, 0.4) is 0 Å². The number of esters is 1. The third-order valence-electron chi connectivity index (χ3n) is 6.57. The van der Waals surface area contributed by atoms with E-state index in [1.165, 1.54) is 0 Å². The second-order valence-corrected chi connectivity index (χ2v) is 9.48. The highest BCUT2D eigenvalue weighted by atomic mass is 32.1. The molecule has 0 saturated heterocycles. The van der Waals surface area contributed by atoms with Gasteiger partial charge in [0.15, 0.2) is 0 Å². The number of carbonyl (C=O) groups is 1. The molecule has 6 heteroatoms. The Kier molecular flexibility index (Phi) is 6.66. The van der Waals surface area contributed by atoms with Crippen molar-refractivity contribution in [2.45, 2.75) is 19.3 Å². The van der Waals surface area contributed by atoms with Crippen LogP contribution in [0.1, 0.15) is 41.5 Å². The minimum atomic E-state index is -0.524. The summed E-state index contributed by atoms with van der Waals surface area (Å²) in [5.41, 5.74) is 7.88. The van der Waals surface area contributed by atoms with E-state index in [4.69, 9.17) is 9.47 Å². The van der Waals surface area contributed by atoms with Crippen molar-refractivity contribution < 1.29 is 14.3 Å². The van der Waals surface area contributed by atoms with Gasteiger partial charge in [-0.15, -0.1) is 11.3 Å². The number of benzene rings is 3. The molecule has 0 N–H and O–H groups in total. The Labute approximate surface area is 213 Å². The molecule has 5 nitrogen and oxygen atoms in total. The lowest BCUT2D eigenvalue weighted by Crippen LogP contribution is -2.16. The van der Waals surface area contributed by atoms with Gasteiger partial charge in [0.1, 0.15) is 11.5 Å². The minimum Gasteiger partial charge on any atom is -0.497 e. The standard InChI is InChI=1S/C30H24N2O3S/c1-3-28(33)35-26-10-5-4-9-24(26)30(20-11-14-27-25(16-20)32-18-36-27)29(19-7-6-8-19)23-13-12-22(34-2)15-21(23)17-31/h3-5,9-16,18-19H,1,6-8H2,2H3/b30-29+. The fourth-order valence-electron chi connectivity index (χ4n) is 4.61. The van der Waals surface area contributed by atoms with Crippen molar-refractivity contribution in [3.63, 3.8) is 0 Å². The van der Waals surface area contributed by atoms with Gasteiger partial charge in [-0.3, -0.25) is 0 Å². The first-order valence-electron chi connectivity index (χ1n) is 11.7. The van der Waals surface area contributed by atoms with Crippen LogP contribution in [-0.2, 0) is 4.79 Å². The van der Waals surface area contributed by atoms with Crippen molar-refractivity contribution in [1.29, 1.82) is 5.26 Å². The first kappa shape index (κ1) is 23.5. The Morgan fingerprint density at radius 3 is 2.69 bits per heavy atom. The highest BCUT2D eigenvalue weighted by Crippen LogP contribution is 2.48. The molecule has 0 atom stereocenters. The minimum absolute atomic E-state index is 0.259. The zero-order valence-electron chi connectivity index (χ0n) is 19.9. The predicted molar refractivity (Wildman–Crippen MR) is 143 cm³/mol. The molecule has 1 aliphatic rings. The topological polar surface area (TPSA) is 72.2 Å². The molecule has 1 heterocycles. The van der Waals surface area contributed by atoms with E-state index in [0.717, 1.165) is 63.4 Å². The molecule has 0 amide bonds. The maximum atomic E-state index is 12.2. The Bertz CT molecular complexity index is 1540. The van der Waals surface area contributed by atoms with Crippen LogP contribution < -0.4 is 9.47 Å². The van der Waals surface area contributed by atoms with E-state index in [9.17, 15) is 10.1 Å². The summed E-state index contributed by atoms with van der Waals surface area (Å²) in [4.78, 5) is 16.8. The molecule has 0 spiro atoms. The Morgan fingerprint density at radius 2 is 1.97 bits per heavy atom. The van der Waals surface area contributed by atoms with E-state index < -0.39 is 5.97 Å². The van der Waals surface area contributed by atoms with Gasteiger partial charge in [0, 0.05) is 11.6 Å². The van der Waals surface area contributed by atoms with Gasteiger partial charge in [0.25, 0.3) is 0 Å². The van der Waals surface area contributed by atoms with Crippen molar-refractivity contribution in [3.05, 3.63) is 101 Å². The van der Waals surface area contributed by atoms with E-state index in [-0.39, 0.29) is 5.92 Å². The van der Waals surface area contributed by atoms with E-state index in [1.807, 2.05) is 35.8 Å². The van der Waals surface area contributed by atoms with Gasteiger partial charge < -0.3 is 9.47 Å². The Hall–Kier alpha value is -4.21. The zero-order valence-corrected chi connectivity index (χ0v) is 20.7. The van der Waals surface area contributed by atoms with Crippen molar-refractivity contribution in [3.8, 4) is 17.6 Å². The van der Waals surface area contributed by atoms with Crippen molar-refractivity contribution in [1.82, 2.24) is 4.98 Å². The molecule has 3 aromatic carbocycles. The van der Waals surface area contributed by atoms with Crippen LogP contribution in [0, 0.1) is 17.2 Å². The largest absolute Gasteiger partial charge is 0.497 e. The number of carbonyl (C=O) groups excluding carboxylic acids is 1. The average Bonchev–Trinajstić information content (AvgIpc) is 3.36. The normalized spacial score (nSPS) is 13.9. The quantitative estimate of drug-likeness (QED) is 0.120. The Morgan fingerprint density at radius 1 is 1.14 bits per heavy atom. The summed E-state index contributed by atoms with van der Waals surface area (Å²) in [6.45, 7) is 3.55. The van der Waals surface area contributed by atoms with Crippen LogP contribution in [0.25, 0.3) is 21.4 Å². The van der Waals surface area contributed by atoms with Crippen LogP contribution >= 0.6 is 11.3 Å². The number of fused-ring (bicyclic) bond motifs is 1. The van der Waals surface area contributed by atoms with Crippen molar-refractivity contribution in [2.24, 2.45) is 5.92 Å². The second kappa shape index (κ2) is 10.2. The molecule has 1 aliphatic carbocycles. The maximum Gasteiger partial charge on any atom is 0.335 e. The van der Waals surface area contributed by atoms with E-state index in [0.29, 0.717) is 17.1 Å². The van der Waals surface area contributed by atoms with Gasteiger partial charge in [-0.2, -0.15) is 5.26 Å². The van der Waals surface area contributed by atoms with Crippen LogP contribution in [0.2, 0.25) is 0 Å². The molecule has 1 saturated carbocycles. The van der Waals surface area contributed by atoms with Crippen LogP contribution in [0.4, 0.5) is 0 Å². The summed E-state index contributed by atoms with van der Waals surface area (Å²) in [5, 5.41) is 10.1. The number of ether oxygens (including phenoxy) is 2. The Balaban J connectivity index is 1.86. The smallest absolute Gasteiger partial charge is 0.335 e. The van der Waals surface area contributed by atoms with E-state index >= 15 is 0 Å². The third-order valence-corrected chi connectivity index (χ3v) is 7.38. The molecule has 4 aromatic rings. The lowest BCUT2D eigenvalue weighted by molar-refractivity contribution is -0.128. The van der Waals surface area contributed by atoms with Crippen molar-refractivity contribution in [2.75, 3.05) is 7.11 Å².